The summed E-state index contributed by atoms with van der Waals surface area (Å²) in [5.74, 6) is 0.750. The number of rotatable bonds is 8. The predicted molar refractivity (Wildman–Crippen MR) is 89.4 cm³/mol. The van der Waals surface area contributed by atoms with Crippen LogP contribution in [0.2, 0.25) is 0 Å². The van der Waals surface area contributed by atoms with Crippen molar-refractivity contribution in [2.45, 2.75) is 20.0 Å². The standard InChI is InChI=1S/C19H23NO2/c1-3-20(4-2)15-18(22-17-13-9-6-10-14-17)19(21)16-11-7-5-8-12-16/h5-14,18H,3-4,15H2,1-2H3/t18-/m0/s1. The lowest BCUT2D eigenvalue weighted by Gasteiger charge is -2.25. The summed E-state index contributed by atoms with van der Waals surface area (Å²) in [4.78, 5) is 15.0. The number of hydrogen-bond donors (Lipinski definition) is 0. The van der Waals surface area contributed by atoms with E-state index in [0.29, 0.717) is 12.1 Å². The molecule has 22 heavy (non-hydrogen) atoms. The molecule has 0 heterocycles. The molecule has 116 valence electrons. The van der Waals surface area contributed by atoms with Crippen LogP contribution in [0.3, 0.4) is 0 Å². The highest BCUT2D eigenvalue weighted by molar-refractivity contribution is 5.99. The van der Waals surface area contributed by atoms with Crippen LogP contribution in [0, 0.1) is 0 Å². The van der Waals surface area contributed by atoms with E-state index < -0.39 is 6.10 Å². The summed E-state index contributed by atoms with van der Waals surface area (Å²) in [6.07, 6.45) is -0.496. The first kappa shape index (κ1) is 16.2. The fourth-order valence-corrected chi connectivity index (χ4v) is 2.34. The van der Waals surface area contributed by atoms with Crippen molar-refractivity contribution in [2.24, 2.45) is 0 Å². The molecule has 0 unspecified atom stereocenters. The highest BCUT2D eigenvalue weighted by Gasteiger charge is 2.23. The first-order valence-electron chi connectivity index (χ1n) is 7.78. The molecule has 0 amide bonds. The molecule has 0 saturated heterocycles. The SMILES string of the molecule is CCN(CC)C[C@H](Oc1ccccc1)C(=O)c1ccccc1. The van der Waals surface area contributed by atoms with Gasteiger partial charge in [0.1, 0.15) is 5.75 Å². The van der Waals surface area contributed by atoms with E-state index in [-0.39, 0.29) is 5.78 Å². The smallest absolute Gasteiger partial charge is 0.204 e. The van der Waals surface area contributed by atoms with E-state index in [2.05, 4.69) is 18.7 Å². The third-order valence-corrected chi connectivity index (χ3v) is 3.69. The zero-order chi connectivity index (χ0) is 15.8. The number of ketones is 1. The Hall–Kier alpha value is -2.13. The van der Waals surface area contributed by atoms with Crippen molar-refractivity contribution in [3.05, 3.63) is 66.2 Å². The molecule has 0 aromatic heterocycles. The molecule has 2 rings (SSSR count). The zero-order valence-electron chi connectivity index (χ0n) is 13.2. The number of benzene rings is 2. The first-order chi connectivity index (χ1) is 10.7. The van der Waals surface area contributed by atoms with Crippen molar-refractivity contribution in [1.29, 1.82) is 0 Å². The summed E-state index contributed by atoms with van der Waals surface area (Å²) in [5.41, 5.74) is 0.690. The monoisotopic (exact) mass is 297 g/mol. The lowest BCUT2D eigenvalue weighted by molar-refractivity contribution is 0.0715. The molecule has 0 aliphatic carbocycles. The van der Waals surface area contributed by atoms with Gasteiger partial charge in [-0.15, -0.1) is 0 Å². The molecule has 2 aromatic carbocycles. The lowest BCUT2D eigenvalue weighted by Crippen LogP contribution is -2.40. The number of Topliss-reactive ketones (excluding diaryl/α,β-unsaturated/α-hetero) is 1. The molecule has 0 aliphatic rings. The average molecular weight is 297 g/mol. The third-order valence-electron chi connectivity index (χ3n) is 3.69. The molecule has 3 heteroatoms. The average Bonchev–Trinajstić information content (AvgIpc) is 2.59. The van der Waals surface area contributed by atoms with Gasteiger partial charge in [-0.2, -0.15) is 0 Å². The number of para-hydroxylation sites is 1. The predicted octanol–water partition coefficient (Wildman–Crippen LogP) is 3.66. The van der Waals surface area contributed by atoms with Crippen molar-refractivity contribution in [3.8, 4) is 5.75 Å². The summed E-state index contributed by atoms with van der Waals surface area (Å²) in [7, 11) is 0. The van der Waals surface area contributed by atoms with Gasteiger partial charge in [-0.3, -0.25) is 9.69 Å². The zero-order valence-corrected chi connectivity index (χ0v) is 13.2. The molecule has 3 nitrogen and oxygen atoms in total. The van der Waals surface area contributed by atoms with E-state index in [1.807, 2.05) is 60.7 Å². The van der Waals surface area contributed by atoms with Crippen LogP contribution in [-0.4, -0.2) is 36.4 Å². The number of likely N-dealkylation sites (N-methyl/N-ethyl adjacent to an activating group) is 1. The molecular weight excluding hydrogens is 274 g/mol. The normalized spacial score (nSPS) is 12.1. The fourth-order valence-electron chi connectivity index (χ4n) is 2.34. The number of hydrogen-bond acceptors (Lipinski definition) is 3. The maximum Gasteiger partial charge on any atom is 0.204 e. The largest absolute Gasteiger partial charge is 0.481 e. The van der Waals surface area contributed by atoms with Gasteiger partial charge in [-0.25, -0.2) is 0 Å². The molecule has 0 bridgehead atoms. The molecule has 0 N–H and O–H groups in total. The second kappa shape index (κ2) is 8.35. The maximum atomic E-state index is 12.8. The topological polar surface area (TPSA) is 29.5 Å². The number of carbonyl (C=O) groups excluding carboxylic acids is 1. The second-order valence-corrected chi connectivity index (χ2v) is 5.14. The van der Waals surface area contributed by atoms with Crippen LogP contribution in [0.4, 0.5) is 0 Å². The van der Waals surface area contributed by atoms with Gasteiger partial charge in [0, 0.05) is 12.1 Å². The van der Waals surface area contributed by atoms with Crippen molar-refractivity contribution < 1.29 is 9.53 Å². The van der Waals surface area contributed by atoms with Crippen molar-refractivity contribution in [2.75, 3.05) is 19.6 Å². The quantitative estimate of drug-likeness (QED) is 0.696. The minimum absolute atomic E-state index is 0.0244. The lowest BCUT2D eigenvalue weighted by atomic mass is 10.1. The maximum absolute atomic E-state index is 12.8. The fraction of sp³-hybridized carbons (Fsp3) is 0.316. The number of carbonyl (C=O) groups is 1. The van der Waals surface area contributed by atoms with E-state index in [1.54, 1.807) is 0 Å². The molecule has 0 radical (unpaired) electrons. The van der Waals surface area contributed by atoms with Gasteiger partial charge < -0.3 is 4.74 Å². The van der Waals surface area contributed by atoms with E-state index in [1.165, 1.54) is 0 Å². The molecule has 0 spiro atoms. The van der Waals surface area contributed by atoms with Crippen LogP contribution in [-0.2, 0) is 0 Å². The Morgan fingerprint density at radius 3 is 2.05 bits per heavy atom. The number of ether oxygens (including phenoxy) is 1. The summed E-state index contributed by atoms with van der Waals surface area (Å²) in [5, 5.41) is 0. The minimum atomic E-state index is -0.496. The first-order valence-corrected chi connectivity index (χ1v) is 7.78. The Balaban J connectivity index is 2.19. The van der Waals surface area contributed by atoms with Gasteiger partial charge in [0.05, 0.1) is 0 Å². The number of nitrogens with zero attached hydrogens (tertiary/aromatic N) is 1. The Kier molecular flexibility index (Phi) is 6.16. The van der Waals surface area contributed by atoms with Crippen molar-refractivity contribution in [1.82, 2.24) is 4.90 Å². The van der Waals surface area contributed by atoms with Crippen LogP contribution in [0.1, 0.15) is 24.2 Å². The molecule has 2 aromatic rings. The van der Waals surface area contributed by atoms with Gasteiger partial charge in [0.25, 0.3) is 0 Å². The minimum Gasteiger partial charge on any atom is -0.481 e. The second-order valence-electron chi connectivity index (χ2n) is 5.14. The summed E-state index contributed by atoms with van der Waals surface area (Å²) < 4.78 is 5.97. The molecule has 0 saturated carbocycles. The van der Waals surface area contributed by atoms with Gasteiger partial charge in [-0.05, 0) is 25.2 Å². The Labute approximate surface area is 132 Å². The van der Waals surface area contributed by atoms with E-state index in [9.17, 15) is 4.79 Å². The van der Waals surface area contributed by atoms with Crippen LogP contribution in [0.15, 0.2) is 60.7 Å². The summed E-state index contributed by atoms with van der Waals surface area (Å²) in [6.45, 7) is 6.57. The van der Waals surface area contributed by atoms with Gasteiger partial charge in [0.2, 0.25) is 5.78 Å². The van der Waals surface area contributed by atoms with E-state index >= 15 is 0 Å². The highest BCUT2D eigenvalue weighted by atomic mass is 16.5. The summed E-state index contributed by atoms with van der Waals surface area (Å²) in [6, 6.07) is 18.9. The van der Waals surface area contributed by atoms with E-state index in [0.717, 1.165) is 18.8 Å². The Bertz CT molecular complexity index is 565. The van der Waals surface area contributed by atoms with Gasteiger partial charge in [0.15, 0.2) is 6.10 Å². The van der Waals surface area contributed by atoms with Crippen LogP contribution >= 0.6 is 0 Å². The van der Waals surface area contributed by atoms with Crippen LogP contribution in [0.5, 0.6) is 5.75 Å². The molecule has 0 aliphatic heterocycles. The van der Waals surface area contributed by atoms with Crippen LogP contribution < -0.4 is 4.74 Å². The van der Waals surface area contributed by atoms with Crippen molar-refractivity contribution >= 4 is 5.78 Å². The van der Waals surface area contributed by atoms with Gasteiger partial charge in [-0.1, -0.05) is 62.4 Å². The molecular formula is C19H23NO2. The molecule has 1 atom stereocenters. The van der Waals surface area contributed by atoms with E-state index in [4.69, 9.17) is 4.74 Å². The Morgan fingerprint density at radius 2 is 1.50 bits per heavy atom. The van der Waals surface area contributed by atoms with Crippen LogP contribution in [0.25, 0.3) is 0 Å². The molecule has 0 fully saturated rings. The third kappa shape index (κ3) is 4.43. The van der Waals surface area contributed by atoms with Crippen molar-refractivity contribution in [3.63, 3.8) is 0 Å². The summed E-state index contributed by atoms with van der Waals surface area (Å²) >= 11 is 0. The van der Waals surface area contributed by atoms with Gasteiger partial charge >= 0.3 is 0 Å². The highest BCUT2D eigenvalue weighted by Crippen LogP contribution is 2.15. The Morgan fingerprint density at radius 1 is 0.955 bits per heavy atom.